The summed E-state index contributed by atoms with van der Waals surface area (Å²) in [5.41, 5.74) is 0.500. The van der Waals surface area contributed by atoms with Gasteiger partial charge < -0.3 is 0 Å². The van der Waals surface area contributed by atoms with Crippen molar-refractivity contribution in [3.63, 3.8) is 0 Å². The summed E-state index contributed by atoms with van der Waals surface area (Å²) in [5, 5.41) is 0. The second-order valence-electron chi connectivity index (χ2n) is 4.12. The maximum absolute atomic E-state index is 13.2. The minimum absolute atomic E-state index is 0.228. The summed E-state index contributed by atoms with van der Waals surface area (Å²) in [5.74, 6) is 5.71. The van der Waals surface area contributed by atoms with Gasteiger partial charge >= 0.3 is 0 Å². The number of hydrogen-bond donors (Lipinski definition) is 0. The predicted octanol–water partition coefficient (Wildman–Crippen LogP) is 2.66. The Bertz CT molecular complexity index is 397. The van der Waals surface area contributed by atoms with Crippen LogP contribution in [-0.4, -0.2) is 24.5 Å². The number of nitrogens with zero attached hydrogens (tertiary/aromatic N) is 1. The molecule has 0 spiro atoms. The lowest BCUT2D eigenvalue weighted by molar-refractivity contribution is 0.255. The molecule has 0 aromatic heterocycles. The van der Waals surface area contributed by atoms with E-state index >= 15 is 0 Å². The molecule has 1 aromatic rings. The zero-order valence-corrected chi connectivity index (χ0v) is 9.38. The lowest BCUT2D eigenvalue weighted by atomic mass is 10.1. The monoisotopic (exact) mass is 217 g/mol. The van der Waals surface area contributed by atoms with Crippen molar-refractivity contribution >= 4 is 0 Å². The van der Waals surface area contributed by atoms with Gasteiger partial charge in [0.2, 0.25) is 0 Å². The van der Waals surface area contributed by atoms with Crippen molar-refractivity contribution < 1.29 is 4.39 Å². The van der Waals surface area contributed by atoms with Crippen LogP contribution in [0.2, 0.25) is 0 Å². The molecule has 0 radical (unpaired) electrons. The molecule has 1 aromatic carbocycles. The molecule has 1 aliphatic heterocycles. The van der Waals surface area contributed by atoms with Gasteiger partial charge in [-0.1, -0.05) is 30.4 Å². The maximum Gasteiger partial charge on any atom is 0.138 e. The predicted molar refractivity (Wildman–Crippen MR) is 63.6 cm³/mol. The summed E-state index contributed by atoms with van der Waals surface area (Å²) in [6, 6.07) is 6.67. The van der Waals surface area contributed by atoms with Crippen LogP contribution < -0.4 is 0 Å². The summed E-state index contributed by atoms with van der Waals surface area (Å²) in [7, 11) is 0. The van der Waals surface area contributed by atoms with Crippen molar-refractivity contribution in [2.45, 2.75) is 19.3 Å². The second kappa shape index (κ2) is 5.67. The van der Waals surface area contributed by atoms with Gasteiger partial charge in [-0.15, -0.1) is 0 Å². The van der Waals surface area contributed by atoms with Gasteiger partial charge in [0.05, 0.1) is 12.1 Å². The zero-order valence-electron chi connectivity index (χ0n) is 9.38. The van der Waals surface area contributed by atoms with Crippen LogP contribution in [0.3, 0.4) is 0 Å². The molecule has 0 amide bonds. The van der Waals surface area contributed by atoms with E-state index in [4.69, 9.17) is 0 Å². The zero-order chi connectivity index (χ0) is 11.2. The van der Waals surface area contributed by atoms with Gasteiger partial charge in [0.25, 0.3) is 0 Å². The lowest BCUT2D eigenvalue weighted by Crippen LogP contribution is -2.29. The molecule has 1 saturated heterocycles. The third-order valence-electron chi connectivity index (χ3n) is 2.85. The molecule has 0 saturated carbocycles. The smallest absolute Gasteiger partial charge is 0.138 e. The van der Waals surface area contributed by atoms with E-state index in [1.165, 1.54) is 25.3 Å². The molecule has 0 N–H and O–H groups in total. The molecule has 1 fully saturated rings. The number of piperidine rings is 1. The molecule has 2 heteroatoms. The van der Waals surface area contributed by atoms with Gasteiger partial charge in [0.15, 0.2) is 0 Å². The number of likely N-dealkylation sites (tertiary alicyclic amines) is 1. The summed E-state index contributed by atoms with van der Waals surface area (Å²) in [6.45, 7) is 3.02. The van der Waals surface area contributed by atoms with Crippen molar-refractivity contribution in [3.8, 4) is 11.8 Å². The van der Waals surface area contributed by atoms with Crippen LogP contribution in [0.4, 0.5) is 4.39 Å². The number of rotatable bonds is 1. The van der Waals surface area contributed by atoms with E-state index in [-0.39, 0.29) is 5.82 Å². The molecular formula is C14H16FN. The summed E-state index contributed by atoms with van der Waals surface area (Å²) in [4.78, 5) is 2.33. The van der Waals surface area contributed by atoms with Crippen molar-refractivity contribution in [1.82, 2.24) is 4.90 Å². The van der Waals surface area contributed by atoms with Crippen LogP contribution in [0.15, 0.2) is 24.3 Å². The summed E-state index contributed by atoms with van der Waals surface area (Å²) >= 11 is 0. The Balaban J connectivity index is 1.92. The van der Waals surface area contributed by atoms with Crippen LogP contribution >= 0.6 is 0 Å². The van der Waals surface area contributed by atoms with Crippen LogP contribution in [0, 0.1) is 17.7 Å². The van der Waals surface area contributed by atoms with Gasteiger partial charge in [-0.05, 0) is 38.1 Å². The van der Waals surface area contributed by atoms with Gasteiger partial charge in [-0.2, -0.15) is 0 Å². The fourth-order valence-corrected chi connectivity index (χ4v) is 1.93. The first kappa shape index (κ1) is 11.2. The van der Waals surface area contributed by atoms with Crippen LogP contribution in [0.1, 0.15) is 24.8 Å². The fourth-order valence-electron chi connectivity index (χ4n) is 1.93. The fraction of sp³-hybridized carbons (Fsp3) is 0.429. The number of halogens is 1. The van der Waals surface area contributed by atoms with E-state index in [0.29, 0.717) is 5.56 Å². The Labute approximate surface area is 96.3 Å². The van der Waals surface area contributed by atoms with E-state index in [2.05, 4.69) is 16.7 Å². The van der Waals surface area contributed by atoms with Crippen LogP contribution in [0.5, 0.6) is 0 Å². The van der Waals surface area contributed by atoms with Gasteiger partial charge in [0, 0.05) is 0 Å². The molecular weight excluding hydrogens is 201 g/mol. The van der Waals surface area contributed by atoms with Crippen molar-refractivity contribution in [3.05, 3.63) is 35.6 Å². The highest BCUT2D eigenvalue weighted by atomic mass is 19.1. The van der Waals surface area contributed by atoms with E-state index in [0.717, 1.165) is 19.6 Å². The largest absolute Gasteiger partial charge is 0.292 e. The quantitative estimate of drug-likeness (QED) is 0.654. The first-order valence-electron chi connectivity index (χ1n) is 5.82. The molecule has 0 atom stereocenters. The Morgan fingerprint density at radius 1 is 1.12 bits per heavy atom. The molecule has 2 rings (SSSR count). The summed E-state index contributed by atoms with van der Waals surface area (Å²) < 4.78 is 13.2. The molecule has 84 valence electrons. The number of hydrogen-bond acceptors (Lipinski definition) is 1. The Morgan fingerprint density at radius 3 is 2.62 bits per heavy atom. The highest BCUT2D eigenvalue weighted by molar-refractivity contribution is 5.35. The Kier molecular flexibility index (Phi) is 3.96. The average molecular weight is 217 g/mol. The third kappa shape index (κ3) is 3.08. The molecule has 0 bridgehead atoms. The highest BCUT2D eigenvalue weighted by Crippen LogP contribution is 2.07. The van der Waals surface area contributed by atoms with E-state index in [1.807, 2.05) is 6.07 Å². The topological polar surface area (TPSA) is 3.24 Å². The van der Waals surface area contributed by atoms with Crippen LogP contribution in [0.25, 0.3) is 0 Å². The normalized spacial score (nSPS) is 16.6. The average Bonchev–Trinajstić information content (AvgIpc) is 2.33. The molecule has 1 aliphatic rings. The van der Waals surface area contributed by atoms with E-state index in [1.54, 1.807) is 12.1 Å². The minimum Gasteiger partial charge on any atom is -0.292 e. The van der Waals surface area contributed by atoms with E-state index in [9.17, 15) is 4.39 Å². The van der Waals surface area contributed by atoms with Gasteiger partial charge in [-0.25, -0.2) is 4.39 Å². The Morgan fingerprint density at radius 2 is 1.88 bits per heavy atom. The third-order valence-corrected chi connectivity index (χ3v) is 2.85. The molecule has 0 aliphatic carbocycles. The van der Waals surface area contributed by atoms with Crippen molar-refractivity contribution in [2.75, 3.05) is 19.6 Å². The molecule has 1 heterocycles. The first-order chi connectivity index (χ1) is 7.86. The van der Waals surface area contributed by atoms with E-state index < -0.39 is 0 Å². The highest BCUT2D eigenvalue weighted by Gasteiger charge is 2.07. The minimum atomic E-state index is -0.228. The Hall–Kier alpha value is -1.33. The number of benzene rings is 1. The lowest BCUT2D eigenvalue weighted by Gasteiger charge is -2.23. The maximum atomic E-state index is 13.2. The SMILES string of the molecule is Fc1ccccc1C#CCN1CCCCC1. The van der Waals surface area contributed by atoms with Crippen LogP contribution in [-0.2, 0) is 0 Å². The summed E-state index contributed by atoms with van der Waals surface area (Å²) in [6.07, 6.45) is 3.86. The van der Waals surface area contributed by atoms with Gasteiger partial charge in [-0.3, -0.25) is 4.90 Å². The standard InChI is InChI=1S/C14H16FN/c15-14-9-3-2-7-13(14)8-6-12-16-10-4-1-5-11-16/h2-3,7,9H,1,4-5,10-12H2. The molecule has 1 nitrogen and oxygen atoms in total. The second-order valence-corrected chi connectivity index (χ2v) is 4.12. The molecule has 16 heavy (non-hydrogen) atoms. The first-order valence-corrected chi connectivity index (χ1v) is 5.82. The van der Waals surface area contributed by atoms with Crippen molar-refractivity contribution in [2.24, 2.45) is 0 Å². The van der Waals surface area contributed by atoms with Crippen molar-refractivity contribution in [1.29, 1.82) is 0 Å². The van der Waals surface area contributed by atoms with Gasteiger partial charge in [0.1, 0.15) is 5.82 Å². The molecule has 0 unspecified atom stereocenters.